The minimum Gasteiger partial charge on any atom is -0.382 e. The van der Waals surface area contributed by atoms with E-state index in [-0.39, 0.29) is 0 Å². The van der Waals surface area contributed by atoms with Gasteiger partial charge in [-0.05, 0) is 42.7 Å². The molecule has 0 amide bonds. The summed E-state index contributed by atoms with van der Waals surface area (Å²) in [6.07, 6.45) is 8.23. The van der Waals surface area contributed by atoms with Gasteiger partial charge in [0.2, 0.25) is 0 Å². The van der Waals surface area contributed by atoms with E-state index in [0.29, 0.717) is 11.1 Å². The number of nitrogens with zero attached hydrogens (tertiary/aromatic N) is 2. The van der Waals surface area contributed by atoms with E-state index in [2.05, 4.69) is 30.2 Å². The van der Waals surface area contributed by atoms with Gasteiger partial charge in [-0.1, -0.05) is 26.7 Å². The van der Waals surface area contributed by atoms with Crippen LogP contribution in [-0.4, -0.2) is 11.5 Å². The first-order valence-corrected chi connectivity index (χ1v) is 7.24. The zero-order valence-corrected chi connectivity index (χ0v) is 11.9. The smallest absolute Gasteiger partial charge is 0.163 e. The first-order valence-electron chi connectivity index (χ1n) is 7.24. The molecule has 0 atom stereocenters. The molecule has 1 aromatic rings. The predicted molar refractivity (Wildman–Crippen MR) is 77.8 cm³/mol. The molecule has 1 aliphatic carbocycles. The molecule has 0 aromatic carbocycles. The lowest BCUT2D eigenvalue weighted by Gasteiger charge is -2.31. The van der Waals surface area contributed by atoms with Crippen molar-refractivity contribution in [3.63, 3.8) is 0 Å². The number of aromatic nitrogens is 1. The zero-order chi connectivity index (χ0) is 13.7. The molecule has 0 spiro atoms. The Hall–Kier alpha value is -1.56. The number of pyridine rings is 1. The van der Waals surface area contributed by atoms with Crippen LogP contribution < -0.4 is 5.32 Å². The molecule has 0 bridgehead atoms. The quantitative estimate of drug-likeness (QED) is 0.868. The Labute approximate surface area is 116 Å². The standard InChI is InChI=1S/C16H23N3/c1-13(2)10-16(7-3-4-8-16)12-19-14-6-5-9-18-15(14)11-17/h5-6,9,13,19H,3-4,7-8,10,12H2,1-2H3. The van der Waals surface area contributed by atoms with Crippen LogP contribution in [0.3, 0.4) is 0 Å². The summed E-state index contributed by atoms with van der Waals surface area (Å²) in [7, 11) is 0. The molecule has 0 unspecified atom stereocenters. The van der Waals surface area contributed by atoms with Gasteiger partial charge in [0.15, 0.2) is 5.69 Å². The van der Waals surface area contributed by atoms with Crippen molar-refractivity contribution in [1.29, 1.82) is 5.26 Å². The highest BCUT2D eigenvalue weighted by molar-refractivity contribution is 5.53. The van der Waals surface area contributed by atoms with Gasteiger partial charge < -0.3 is 5.32 Å². The summed E-state index contributed by atoms with van der Waals surface area (Å²) < 4.78 is 0. The second kappa shape index (κ2) is 6.06. The van der Waals surface area contributed by atoms with Crippen LogP contribution in [0.1, 0.15) is 51.6 Å². The Kier molecular flexibility index (Phi) is 4.42. The lowest BCUT2D eigenvalue weighted by atomic mass is 9.78. The van der Waals surface area contributed by atoms with Gasteiger partial charge in [-0.25, -0.2) is 4.98 Å². The number of rotatable bonds is 5. The summed E-state index contributed by atoms with van der Waals surface area (Å²) in [5.74, 6) is 0.726. The second-order valence-corrected chi connectivity index (χ2v) is 6.17. The molecular weight excluding hydrogens is 234 g/mol. The summed E-state index contributed by atoms with van der Waals surface area (Å²) in [5.41, 5.74) is 1.79. The number of hydrogen-bond acceptors (Lipinski definition) is 3. The summed E-state index contributed by atoms with van der Waals surface area (Å²) in [4.78, 5) is 4.10. The molecule has 0 aliphatic heterocycles. The van der Waals surface area contributed by atoms with E-state index < -0.39 is 0 Å². The van der Waals surface area contributed by atoms with Crippen LogP contribution in [0.2, 0.25) is 0 Å². The van der Waals surface area contributed by atoms with Gasteiger partial charge in [-0.2, -0.15) is 5.26 Å². The van der Waals surface area contributed by atoms with Crippen molar-refractivity contribution >= 4 is 5.69 Å². The van der Waals surface area contributed by atoms with E-state index in [4.69, 9.17) is 5.26 Å². The van der Waals surface area contributed by atoms with Gasteiger partial charge in [0.25, 0.3) is 0 Å². The molecule has 1 aliphatic rings. The van der Waals surface area contributed by atoms with Crippen LogP contribution in [0.15, 0.2) is 18.3 Å². The average molecular weight is 257 g/mol. The van der Waals surface area contributed by atoms with Crippen molar-refractivity contribution in [2.75, 3.05) is 11.9 Å². The fourth-order valence-corrected chi connectivity index (χ4v) is 3.36. The Morgan fingerprint density at radius 1 is 1.42 bits per heavy atom. The number of anilines is 1. The molecule has 0 radical (unpaired) electrons. The van der Waals surface area contributed by atoms with E-state index >= 15 is 0 Å². The Morgan fingerprint density at radius 2 is 2.16 bits per heavy atom. The van der Waals surface area contributed by atoms with Crippen molar-refractivity contribution in [2.24, 2.45) is 11.3 Å². The molecule has 1 N–H and O–H groups in total. The molecule has 1 fully saturated rings. The van der Waals surface area contributed by atoms with Gasteiger partial charge in [-0.15, -0.1) is 0 Å². The van der Waals surface area contributed by atoms with Crippen LogP contribution in [0.5, 0.6) is 0 Å². The minimum absolute atomic E-state index is 0.413. The maximum absolute atomic E-state index is 9.07. The summed E-state index contributed by atoms with van der Waals surface area (Å²) in [5, 5.41) is 12.5. The zero-order valence-electron chi connectivity index (χ0n) is 11.9. The topological polar surface area (TPSA) is 48.7 Å². The monoisotopic (exact) mass is 257 g/mol. The predicted octanol–water partition coefficient (Wildman–Crippen LogP) is 3.97. The molecule has 0 saturated heterocycles. The minimum atomic E-state index is 0.413. The summed E-state index contributed by atoms with van der Waals surface area (Å²) in [6, 6.07) is 5.98. The highest BCUT2D eigenvalue weighted by Crippen LogP contribution is 2.43. The normalized spacial score (nSPS) is 17.4. The fraction of sp³-hybridized carbons (Fsp3) is 0.625. The van der Waals surface area contributed by atoms with Gasteiger partial charge in [-0.3, -0.25) is 0 Å². The molecule has 2 rings (SSSR count). The largest absolute Gasteiger partial charge is 0.382 e. The van der Waals surface area contributed by atoms with Gasteiger partial charge >= 0.3 is 0 Å². The number of hydrogen-bond donors (Lipinski definition) is 1. The van der Waals surface area contributed by atoms with E-state index in [1.807, 2.05) is 12.1 Å². The van der Waals surface area contributed by atoms with Gasteiger partial charge in [0, 0.05) is 12.7 Å². The van der Waals surface area contributed by atoms with Crippen LogP contribution in [0, 0.1) is 22.7 Å². The fourth-order valence-electron chi connectivity index (χ4n) is 3.36. The molecule has 1 heterocycles. The van der Waals surface area contributed by atoms with Crippen LogP contribution in [0.25, 0.3) is 0 Å². The third kappa shape index (κ3) is 3.47. The molecular formula is C16H23N3. The number of nitriles is 1. The summed E-state index contributed by atoms with van der Waals surface area (Å²) in [6.45, 7) is 5.56. The van der Waals surface area contributed by atoms with Crippen LogP contribution in [0.4, 0.5) is 5.69 Å². The molecule has 1 saturated carbocycles. The van der Waals surface area contributed by atoms with Crippen molar-refractivity contribution in [2.45, 2.75) is 46.0 Å². The Balaban J connectivity index is 2.05. The first kappa shape index (κ1) is 13.9. The summed E-state index contributed by atoms with van der Waals surface area (Å²) >= 11 is 0. The first-order chi connectivity index (χ1) is 9.15. The lowest BCUT2D eigenvalue weighted by Crippen LogP contribution is -2.28. The molecule has 3 heteroatoms. The second-order valence-electron chi connectivity index (χ2n) is 6.17. The molecule has 1 aromatic heterocycles. The van der Waals surface area contributed by atoms with E-state index in [9.17, 15) is 0 Å². The molecule has 19 heavy (non-hydrogen) atoms. The van der Waals surface area contributed by atoms with E-state index in [1.165, 1.54) is 32.1 Å². The van der Waals surface area contributed by atoms with Crippen LogP contribution in [-0.2, 0) is 0 Å². The lowest BCUT2D eigenvalue weighted by molar-refractivity contribution is 0.252. The average Bonchev–Trinajstić information content (AvgIpc) is 2.85. The van der Waals surface area contributed by atoms with Crippen molar-refractivity contribution in [3.05, 3.63) is 24.0 Å². The maximum Gasteiger partial charge on any atom is 0.163 e. The Morgan fingerprint density at radius 3 is 2.79 bits per heavy atom. The molecule has 102 valence electrons. The molecule has 3 nitrogen and oxygen atoms in total. The highest BCUT2D eigenvalue weighted by Gasteiger charge is 2.34. The van der Waals surface area contributed by atoms with Crippen molar-refractivity contribution in [1.82, 2.24) is 4.98 Å². The van der Waals surface area contributed by atoms with E-state index in [1.54, 1.807) is 6.20 Å². The van der Waals surface area contributed by atoms with Crippen LogP contribution >= 0.6 is 0 Å². The van der Waals surface area contributed by atoms with Crippen molar-refractivity contribution in [3.8, 4) is 6.07 Å². The van der Waals surface area contributed by atoms with Gasteiger partial charge in [0.1, 0.15) is 6.07 Å². The third-order valence-electron chi connectivity index (χ3n) is 4.07. The number of nitrogens with one attached hydrogen (secondary N) is 1. The van der Waals surface area contributed by atoms with Gasteiger partial charge in [0.05, 0.1) is 5.69 Å². The Bertz CT molecular complexity index is 453. The highest BCUT2D eigenvalue weighted by atomic mass is 14.9. The maximum atomic E-state index is 9.07. The van der Waals surface area contributed by atoms with Crippen molar-refractivity contribution < 1.29 is 0 Å². The SMILES string of the molecule is CC(C)CC1(CNc2cccnc2C#N)CCCC1. The third-order valence-corrected chi connectivity index (χ3v) is 4.07. The van der Waals surface area contributed by atoms with E-state index in [0.717, 1.165) is 18.2 Å².